The number of pyridine rings is 1. The summed E-state index contributed by atoms with van der Waals surface area (Å²) in [6.45, 7) is 2.86. The first-order valence-corrected chi connectivity index (χ1v) is 7.58. The van der Waals surface area contributed by atoms with E-state index in [1.165, 1.54) is 17.5 Å². The maximum absolute atomic E-state index is 6.17. The van der Waals surface area contributed by atoms with Gasteiger partial charge in [-0.25, -0.2) is 4.98 Å². The summed E-state index contributed by atoms with van der Waals surface area (Å²) in [5.74, 6) is 0. The van der Waals surface area contributed by atoms with E-state index in [1.807, 2.05) is 6.07 Å². The van der Waals surface area contributed by atoms with Crippen LogP contribution in [0.15, 0.2) is 36.4 Å². The van der Waals surface area contributed by atoms with E-state index in [0.29, 0.717) is 10.3 Å². The highest BCUT2D eigenvalue weighted by atomic mass is 35.5. The molecule has 0 unspecified atom stereocenters. The fourth-order valence-electron chi connectivity index (χ4n) is 2.70. The number of rotatable bonds is 2. The van der Waals surface area contributed by atoms with Gasteiger partial charge in [0, 0.05) is 18.7 Å². The van der Waals surface area contributed by atoms with Gasteiger partial charge < -0.3 is 0 Å². The van der Waals surface area contributed by atoms with E-state index in [-0.39, 0.29) is 0 Å². The van der Waals surface area contributed by atoms with Crippen LogP contribution in [0.2, 0.25) is 10.3 Å². The molecule has 20 heavy (non-hydrogen) atoms. The second-order valence-electron chi connectivity index (χ2n) is 5.17. The van der Waals surface area contributed by atoms with Crippen LogP contribution >= 0.6 is 23.2 Å². The predicted molar refractivity (Wildman–Crippen MR) is 83.1 cm³/mol. The topological polar surface area (TPSA) is 16.1 Å². The molecule has 0 saturated heterocycles. The minimum atomic E-state index is 0.444. The van der Waals surface area contributed by atoms with Crippen molar-refractivity contribution in [2.24, 2.45) is 0 Å². The molecule has 0 saturated carbocycles. The number of fused-ring (bicyclic) bond motifs is 1. The summed E-state index contributed by atoms with van der Waals surface area (Å²) < 4.78 is 0. The van der Waals surface area contributed by atoms with Crippen LogP contribution in [0.25, 0.3) is 0 Å². The predicted octanol–water partition coefficient (Wildman–Crippen LogP) is 4.34. The lowest BCUT2D eigenvalue weighted by Crippen LogP contribution is -2.23. The van der Waals surface area contributed by atoms with Crippen LogP contribution in [0.5, 0.6) is 0 Å². The molecule has 2 aromatic rings. The Bertz CT molecular complexity index is 613. The summed E-state index contributed by atoms with van der Waals surface area (Å²) in [5.41, 5.74) is 3.92. The highest BCUT2D eigenvalue weighted by Crippen LogP contribution is 2.23. The van der Waals surface area contributed by atoms with Crippen LogP contribution in [-0.2, 0) is 19.5 Å². The van der Waals surface area contributed by atoms with Crippen LogP contribution in [0.3, 0.4) is 0 Å². The molecule has 1 aromatic carbocycles. The van der Waals surface area contributed by atoms with Gasteiger partial charge in [0.1, 0.15) is 10.3 Å². The Morgan fingerprint density at radius 2 is 1.85 bits per heavy atom. The normalized spacial score (nSPS) is 15.7. The lowest BCUT2D eigenvalue weighted by molar-refractivity contribution is 0.261. The first-order valence-electron chi connectivity index (χ1n) is 6.82. The lowest BCUT2D eigenvalue weighted by atomic mass is 10.0. The molecule has 0 amide bonds. The molecule has 0 N–H and O–H groups in total. The Hall–Kier alpha value is -1.09. The molecule has 0 radical (unpaired) electrons. The van der Waals surface area contributed by atoms with Crippen molar-refractivity contribution in [2.45, 2.75) is 25.9 Å². The van der Waals surface area contributed by atoms with E-state index in [0.717, 1.165) is 31.6 Å². The monoisotopic (exact) mass is 306 g/mol. The van der Waals surface area contributed by atoms with Gasteiger partial charge in [-0.1, -0.05) is 53.5 Å². The highest BCUT2D eigenvalue weighted by molar-refractivity contribution is 6.32. The molecule has 0 fully saturated rings. The van der Waals surface area contributed by atoms with Crippen molar-refractivity contribution in [2.75, 3.05) is 6.54 Å². The zero-order valence-electron chi connectivity index (χ0n) is 11.1. The lowest BCUT2D eigenvalue weighted by Gasteiger charge is -2.20. The second kappa shape index (κ2) is 6.13. The first kappa shape index (κ1) is 13.9. The number of halogens is 2. The van der Waals surface area contributed by atoms with Crippen molar-refractivity contribution in [3.63, 3.8) is 0 Å². The van der Waals surface area contributed by atoms with Crippen LogP contribution < -0.4 is 0 Å². The summed E-state index contributed by atoms with van der Waals surface area (Å²) in [4.78, 5) is 6.53. The van der Waals surface area contributed by atoms with Crippen molar-refractivity contribution in [3.05, 3.63) is 63.4 Å². The number of benzene rings is 1. The summed E-state index contributed by atoms with van der Waals surface area (Å²) in [5, 5.41) is 0.954. The van der Waals surface area contributed by atoms with Crippen LogP contribution in [0, 0.1) is 0 Å². The van der Waals surface area contributed by atoms with Crippen molar-refractivity contribution in [1.29, 1.82) is 0 Å². The maximum atomic E-state index is 6.17. The molecule has 2 nitrogen and oxygen atoms in total. The molecule has 0 spiro atoms. The second-order valence-corrected chi connectivity index (χ2v) is 5.91. The van der Waals surface area contributed by atoms with E-state index in [9.17, 15) is 0 Å². The van der Waals surface area contributed by atoms with Gasteiger partial charge in [0.15, 0.2) is 0 Å². The van der Waals surface area contributed by atoms with E-state index >= 15 is 0 Å². The minimum Gasteiger partial charge on any atom is -0.295 e. The van der Waals surface area contributed by atoms with Gasteiger partial charge in [0.25, 0.3) is 0 Å². The smallest absolute Gasteiger partial charge is 0.135 e. The Labute approximate surface area is 129 Å². The maximum Gasteiger partial charge on any atom is 0.135 e. The molecule has 0 atom stereocenters. The Balaban J connectivity index is 1.78. The van der Waals surface area contributed by atoms with Gasteiger partial charge in [-0.3, -0.25) is 4.90 Å². The fraction of sp³-hybridized carbons (Fsp3) is 0.312. The van der Waals surface area contributed by atoms with Crippen LogP contribution in [0.1, 0.15) is 23.1 Å². The third-order valence-corrected chi connectivity index (χ3v) is 4.26. The molecular weight excluding hydrogens is 291 g/mol. The first-order chi connectivity index (χ1) is 9.72. The number of aryl methyl sites for hydroxylation is 1. The summed E-state index contributed by atoms with van der Waals surface area (Å²) in [6, 6.07) is 12.4. The van der Waals surface area contributed by atoms with Crippen molar-refractivity contribution in [3.8, 4) is 0 Å². The van der Waals surface area contributed by atoms with Gasteiger partial charge >= 0.3 is 0 Å². The molecule has 0 aliphatic carbocycles. The molecule has 4 heteroatoms. The van der Waals surface area contributed by atoms with E-state index < -0.39 is 0 Å². The van der Waals surface area contributed by atoms with Gasteiger partial charge in [0.2, 0.25) is 0 Å². The standard InChI is InChI=1S/C16H16Cl2N2/c17-15-8-7-14(16(18)19-15)11-20-9-3-6-12-4-1-2-5-13(12)10-20/h1-2,4-5,7-8H,3,6,9-11H2. The Morgan fingerprint density at radius 3 is 2.65 bits per heavy atom. The van der Waals surface area contributed by atoms with Gasteiger partial charge in [-0.15, -0.1) is 0 Å². The van der Waals surface area contributed by atoms with Gasteiger partial charge in [0.05, 0.1) is 0 Å². The fourth-order valence-corrected chi connectivity index (χ4v) is 3.11. The molecule has 1 aliphatic rings. The molecule has 1 aliphatic heterocycles. The summed E-state index contributed by atoms with van der Waals surface area (Å²) >= 11 is 12.0. The van der Waals surface area contributed by atoms with E-state index in [1.54, 1.807) is 6.07 Å². The summed E-state index contributed by atoms with van der Waals surface area (Å²) in [7, 11) is 0. The molecule has 3 rings (SSSR count). The van der Waals surface area contributed by atoms with Gasteiger partial charge in [-0.2, -0.15) is 0 Å². The zero-order valence-corrected chi connectivity index (χ0v) is 12.7. The molecule has 1 aromatic heterocycles. The van der Waals surface area contributed by atoms with Crippen LogP contribution in [-0.4, -0.2) is 16.4 Å². The minimum absolute atomic E-state index is 0.444. The quantitative estimate of drug-likeness (QED) is 0.767. The SMILES string of the molecule is Clc1ccc(CN2CCCc3ccccc3C2)c(Cl)n1. The Morgan fingerprint density at radius 1 is 1.05 bits per heavy atom. The average Bonchev–Trinajstić information content (AvgIpc) is 2.63. The number of aromatic nitrogens is 1. The van der Waals surface area contributed by atoms with Crippen LogP contribution in [0.4, 0.5) is 0 Å². The molecular formula is C16H16Cl2N2. The van der Waals surface area contributed by atoms with Crippen molar-refractivity contribution < 1.29 is 0 Å². The zero-order chi connectivity index (χ0) is 13.9. The van der Waals surface area contributed by atoms with E-state index in [2.05, 4.69) is 34.1 Å². The van der Waals surface area contributed by atoms with Crippen molar-refractivity contribution in [1.82, 2.24) is 9.88 Å². The molecule has 2 heterocycles. The number of nitrogens with zero attached hydrogens (tertiary/aromatic N) is 2. The van der Waals surface area contributed by atoms with Crippen molar-refractivity contribution >= 4 is 23.2 Å². The largest absolute Gasteiger partial charge is 0.295 e. The summed E-state index contributed by atoms with van der Waals surface area (Å²) in [6.07, 6.45) is 2.33. The highest BCUT2D eigenvalue weighted by Gasteiger charge is 2.15. The van der Waals surface area contributed by atoms with E-state index in [4.69, 9.17) is 23.2 Å². The number of hydrogen-bond acceptors (Lipinski definition) is 2. The number of hydrogen-bond donors (Lipinski definition) is 0. The van der Waals surface area contributed by atoms with Gasteiger partial charge in [-0.05, 0) is 36.6 Å². The average molecular weight is 307 g/mol. The molecule has 0 bridgehead atoms. The Kier molecular flexibility index (Phi) is 4.25. The third-order valence-electron chi connectivity index (χ3n) is 3.72. The molecule has 104 valence electrons. The third kappa shape index (κ3) is 3.14.